The van der Waals surface area contributed by atoms with Crippen molar-refractivity contribution < 1.29 is 19.8 Å². The lowest BCUT2D eigenvalue weighted by atomic mass is 10.0. The Balaban J connectivity index is 1.83. The Labute approximate surface area is 148 Å². The topological polar surface area (TPSA) is 74.6 Å². The van der Waals surface area contributed by atoms with Crippen molar-refractivity contribution in [1.82, 2.24) is 0 Å². The molecule has 0 heterocycles. The van der Waals surface area contributed by atoms with E-state index in [0.717, 1.165) is 12.8 Å². The molecular weight excluding hydrogens is 344 g/mol. The van der Waals surface area contributed by atoms with Crippen LogP contribution in [0.1, 0.15) is 12.8 Å². The Hall–Kier alpha value is -1.92. The summed E-state index contributed by atoms with van der Waals surface area (Å²) >= 11 is 0. The average Bonchev–Trinajstić information content (AvgIpc) is 2.57. The lowest BCUT2D eigenvalue weighted by molar-refractivity contribution is -0.132. The Bertz CT molecular complexity index is 611. The highest BCUT2D eigenvalue weighted by atomic mass is 33.1. The second kappa shape index (κ2) is 9.39. The van der Waals surface area contributed by atoms with Crippen LogP contribution < -0.4 is 0 Å². The zero-order chi connectivity index (χ0) is 17.4. The molecule has 0 radical (unpaired) electrons. The van der Waals surface area contributed by atoms with Gasteiger partial charge in [-0.15, -0.1) is 0 Å². The van der Waals surface area contributed by atoms with Gasteiger partial charge in [-0.3, -0.25) is 0 Å². The largest absolute Gasteiger partial charge is 0.478 e. The van der Waals surface area contributed by atoms with Gasteiger partial charge in [-0.05, 0) is 22.7 Å². The van der Waals surface area contributed by atoms with E-state index < -0.39 is 11.9 Å². The first-order chi connectivity index (χ1) is 11.5. The van der Waals surface area contributed by atoms with Crippen molar-refractivity contribution in [3.05, 3.63) is 70.6 Å². The molecule has 0 aromatic carbocycles. The Kier molecular flexibility index (Phi) is 7.21. The number of carboxylic acids is 2. The van der Waals surface area contributed by atoms with Crippen LogP contribution in [0, 0.1) is 11.8 Å². The maximum Gasteiger partial charge on any atom is 0.327 e. The lowest BCUT2D eigenvalue weighted by Gasteiger charge is -2.17. The number of allylic oxidation sites excluding steroid dienone is 10. The van der Waals surface area contributed by atoms with Crippen molar-refractivity contribution in [3.63, 3.8) is 0 Å². The average molecular weight is 362 g/mol. The van der Waals surface area contributed by atoms with Crippen LogP contribution in [0.4, 0.5) is 0 Å². The highest BCUT2D eigenvalue weighted by Gasteiger charge is 2.14. The second-order valence-corrected chi connectivity index (χ2v) is 7.72. The van der Waals surface area contributed by atoms with Crippen molar-refractivity contribution in [2.24, 2.45) is 11.8 Å². The van der Waals surface area contributed by atoms with Gasteiger partial charge in [-0.25, -0.2) is 9.59 Å². The third-order valence-electron chi connectivity index (χ3n) is 3.38. The molecule has 0 saturated carbocycles. The molecule has 0 aromatic heterocycles. The molecule has 0 aliphatic heterocycles. The molecule has 0 fully saturated rings. The zero-order valence-electron chi connectivity index (χ0n) is 12.9. The summed E-state index contributed by atoms with van der Waals surface area (Å²) in [7, 11) is 3.34. The van der Waals surface area contributed by atoms with E-state index in [4.69, 9.17) is 10.2 Å². The van der Waals surface area contributed by atoms with Gasteiger partial charge in [0, 0.05) is 24.0 Å². The number of hydrogen-bond donors (Lipinski definition) is 2. The van der Waals surface area contributed by atoms with Crippen LogP contribution in [0.25, 0.3) is 0 Å². The molecular formula is C18H18O4S2. The van der Waals surface area contributed by atoms with E-state index in [2.05, 4.69) is 0 Å². The first kappa shape index (κ1) is 18.4. The fourth-order valence-corrected chi connectivity index (χ4v) is 4.64. The minimum atomic E-state index is -0.930. The number of rotatable bonds is 7. The predicted octanol–water partition coefficient (Wildman–Crippen LogP) is 4.57. The van der Waals surface area contributed by atoms with Crippen LogP contribution in [-0.4, -0.2) is 22.2 Å². The Morgan fingerprint density at radius 3 is 1.67 bits per heavy atom. The van der Waals surface area contributed by atoms with Gasteiger partial charge in [-0.2, -0.15) is 0 Å². The summed E-state index contributed by atoms with van der Waals surface area (Å²) < 4.78 is 0. The van der Waals surface area contributed by atoms with Gasteiger partial charge in [0.1, 0.15) is 0 Å². The maximum atomic E-state index is 10.6. The predicted molar refractivity (Wildman–Crippen MR) is 99.4 cm³/mol. The molecule has 126 valence electrons. The Morgan fingerprint density at radius 1 is 0.875 bits per heavy atom. The normalized spacial score (nSPS) is 23.5. The summed E-state index contributed by atoms with van der Waals surface area (Å²) in [4.78, 5) is 23.6. The van der Waals surface area contributed by atoms with Crippen LogP contribution in [0.15, 0.2) is 70.6 Å². The fraction of sp³-hybridized carbons (Fsp3) is 0.222. The van der Waals surface area contributed by atoms with E-state index >= 15 is 0 Å². The molecule has 0 amide bonds. The molecule has 6 heteroatoms. The first-order valence-corrected chi connectivity index (χ1v) is 9.59. The summed E-state index contributed by atoms with van der Waals surface area (Å²) in [6.07, 6.45) is 19.3. The summed E-state index contributed by atoms with van der Waals surface area (Å²) in [5, 5.41) is 17.4. The van der Waals surface area contributed by atoms with Gasteiger partial charge >= 0.3 is 11.9 Å². The van der Waals surface area contributed by atoms with Crippen LogP contribution >= 0.6 is 21.6 Å². The van der Waals surface area contributed by atoms with Gasteiger partial charge in [0.2, 0.25) is 0 Å². The van der Waals surface area contributed by atoms with E-state index in [-0.39, 0.29) is 11.8 Å². The lowest BCUT2D eigenvalue weighted by Crippen LogP contribution is -1.99. The van der Waals surface area contributed by atoms with E-state index in [9.17, 15) is 9.59 Å². The highest BCUT2D eigenvalue weighted by molar-refractivity contribution is 8.79. The van der Waals surface area contributed by atoms with E-state index in [1.54, 1.807) is 33.7 Å². The van der Waals surface area contributed by atoms with Crippen molar-refractivity contribution in [2.45, 2.75) is 12.8 Å². The molecule has 0 spiro atoms. The fourth-order valence-electron chi connectivity index (χ4n) is 2.25. The highest BCUT2D eigenvalue weighted by Crippen LogP contribution is 2.43. The zero-order valence-corrected chi connectivity index (χ0v) is 14.5. The molecule has 2 N–H and O–H groups in total. The van der Waals surface area contributed by atoms with E-state index in [1.165, 1.54) is 22.0 Å². The molecule has 2 unspecified atom stereocenters. The standard InChI is InChI=1S/C18H18O4S2/c19-17(20)9-7-13-3-1-5-15(11-13)23-24-16-6-2-4-14(12-16)8-10-18(21)22/h1-10,13-14H,11-12H2,(H,19,20)(H,21,22). The summed E-state index contributed by atoms with van der Waals surface area (Å²) in [5.41, 5.74) is 0. The van der Waals surface area contributed by atoms with Crippen LogP contribution in [-0.2, 0) is 9.59 Å². The van der Waals surface area contributed by atoms with Crippen molar-refractivity contribution in [1.29, 1.82) is 0 Å². The molecule has 2 aliphatic carbocycles. The molecule has 0 saturated heterocycles. The minimum absolute atomic E-state index is 0.112. The summed E-state index contributed by atoms with van der Waals surface area (Å²) in [6.45, 7) is 0. The van der Waals surface area contributed by atoms with Crippen LogP contribution in [0.2, 0.25) is 0 Å². The summed E-state index contributed by atoms with van der Waals surface area (Å²) in [6, 6.07) is 0. The second-order valence-electron chi connectivity index (χ2n) is 5.33. The van der Waals surface area contributed by atoms with Crippen LogP contribution in [0.5, 0.6) is 0 Å². The van der Waals surface area contributed by atoms with E-state index in [1.807, 2.05) is 36.5 Å². The quantitative estimate of drug-likeness (QED) is 0.510. The van der Waals surface area contributed by atoms with Gasteiger partial charge in [0.15, 0.2) is 0 Å². The molecule has 0 aromatic rings. The molecule has 4 nitrogen and oxygen atoms in total. The third kappa shape index (κ3) is 6.68. The van der Waals surface area contributed by atoms with Gasteiger partial charge in [-0.1, -0.05) is 70.2 Å². The Morgan fingerprint density at radius 2 is 1.29 bits per heavy atom. The SMILES string of the molecule is O=C(O)C=CC1C=CC=C(SSC2=CC=CC(C=CC(=O)O)C2)C1. The molecule has 2 rings (SSSR count). The van der Waals surface area contributed by atoms with E-state index in [0.29, 0.717) is 0 Å². The van der Waals surface area contributed by atoms with Crippen molar-refractivity contribution >= 4 is 33.5 Å². The van der Waals surface area contributed by atoms with Crippen molar-refractivity contribution in [2.75, 3.05) is 0 Å². The van der Waals surface area contributed by atoms with Gasteiger partial charge < -0.3 is 10.2 Å². The summed E-state index contributed by atoms with van der Waals surface area (Å²) in [5.74, 6) is -1.64. The number of aliphatic carboxylic acids is 2. The smallest absolute Gasteiger partial charge is 0.327 e. The van der Waals surface area contributed by atoms with Gasteiger partial charge in [0.25, 0.3) is 0 Å². The van der Waals surface area contributed by atoms with Gasteiger partial charge in [0.05, 0.1) is 0 Å². The number of carbonyl (C=O) groups is 2. The monoisotopic (exact) mass is 362 g/mol. The molecule has 0 bridgehead atoms. The number of hydrogen-bond acceptors (Lipinski definition) is 4. The molecule has 2 aliphatic rings. The maximum absolute atomic E-state index is 10.6. The minimum Gasteiger partial charge on any atom is -0.478 e. The molecule has 24 heavy (non-hydrogen) atoms. The van der Waals surface area contributed by atoms with Crippen LogP contribution in [0.3, 0.4) is 0 Å². The van der Waals surface area contributed by atoms with Crippen molar-refractivity contribution in [3.8, 4) is 0 Å². The molecule has 2 atom stereocenters. The first-order valence-electron chi connectivity index (χ1n) is 7.44. The third-order valence-corrected chi connectivity index (χ3v) is 6.03. The number of carboxylic acid groups (broad SMARTS) is 2.